The number of aromatic amines is 1. The van der Waals surface area contributed by atoms with E-state index in [-0.39, 0.29) is 5.56 Å². The zero-order valence-electron chi connectivity index (χ0n) is 14.5. The summed E-state index contributed by atoms with van der Waals surface area (Å²) in [6.07, 6.45) is 5.55. The van der Waals surface area contributed by atoms with Gasteiger partial charge in [0.2, 0.25) is 11.1 Å². The Morgan fingerprint density at radius 1 is 1.33 bits per heavy atom. The Morgan fingerprint density at radius 3 is 3.00 bits per heavy atom. The second-order valence-corrected chi connectivity index (χ2v) is 7.76. The first kappa shape index (κ1) is 19.4. The summed E-state index contributed by atoms with van der Waals surface area (Å²) in [5.41, 5.74) is 9.81. The molecule has 27 heavy (non-hydrogen) atoms. The van der Waals surface area contributed by atoms with Crippen molar-refractivity contribution in [2.75, 3.05) is 18.0 Å². The second-order valence-electron chi connectivity index (χ2n) is 5.80. The van der Waals surface area contributed by atoms with E-state index in [1.165, 1.54) is 0 Å². The number of hydrogen-bond donors (Lipinski definition) is 2. The molecule has 0 saturated carbocycles. The van der Waals surface area contributed by atoms with Crippen molar-refractivity contribution >= 4 is 33.4 Å². The number of thioether (sulfide) groups is 1. The predicted octanol–water partition coefficient (Wildman–Crippen LogP) is 3.13. The van der Waals surface area contributed by atoms with Crippen molar-refractivity contribution in [2.24, 2.45) is 4.99 Å². The fraction of sp³-hybridized carbons (Fsp3) is 0.211. The normalized spacial score (nSPS) is 11.7. The van der Waals surface area contributed by atoms with Gasteiger partial charge in [-0.15, -0.1) is 0 Å². The second kappa shape index (κ2) is 9.57. The number of nitrogen functional groups attached to an aromatic ring is 1. The van der Waals surface area contributed by atoms with Crippen LogP contribution in [0.4, 0.5) is 5.69 Å². The molecule has 0 amide bonds. The molecule has 0 bridgehead atoms. The molecule has 3 aromatic heterocycles. The van der Waals surface area contributed by atoms with Gasteiger partial charge in [0.05, 0.1) is 18.5 Å². The number of hydrogen-bond acceptors (Lipinski definition) is 6. The van der Waals surface area contributed by atoms with E-state index in [1.807, 2.05) is 18.2 Å². The third kappa shape index (κ3) is 5.83. The quantitative estimate of drug-likeness (QED) is 0.543. The van der Waals surface area contributed by atoms with Crippen molar-refractivity contribution in [3.63, 3.8) is 0 Å². The highest BCUT2D eigenvalue weighted by Gasteiger charge is 2.04. The summed E-state index contributed by atoms with van der Waals surface area (Å²) in [4.78, 5) is 22.7. The van der Waals surface area contributed by atoms with E-state index in [0.717, 1.165) is 32.8 Å². The van der Waals surface area contributed by atoms with Crippen LogP contribution in [0.3, 0.4) is 0 Å². The number of rotatable bonds is 7. The molecular formula is C19H19BrN4O2S. The molecular weight excluding hydrogens is 428 g/mol. The molecule has 0 aliphatic heterocycles. The van der Waals surface area contributed by atoms with Crippen LogP contribution in [-0.4, -0.2) is 22.3 Å². The number of H-pyrrole nitrogens is 1. The summed E-state index contributed by atoms with van der Waals surface area (Å²) in [5, 5.41) is 0. The fourth-order valence-electron chi connectivity index (χ4n) is 2.42. The summed E-state index contributed by atoms with van der Waals surface area (Å²) in [5.74, 6) is 1.68. The average molecular weight is 447 g/mol. The Bertz CT molecular complexity index is 1030. The van der Waals surface area contributed by atoms with Gasteiger partial charge < -0.3 is 15.1 Å². The molecule has 6 nitrogen and oxygen atoms in total. The van der Waals surface area contributed by atoms with Crippen LogP contribution in [0.1, 0.15) is 16.8 Å². The highest BCUT2D eigenvalue weighted by Crippen LogP contribution is 2.18. The minimum Gasteiger partial charge on any atom is -0.447 e. The Hall–Kier alpha value is -2.32. The van der Waals surface area contributed by atoms with Crippen LogP contribution in [0.5, 0.6) is 0 Å². The summed E-state index contributed by atoms with van der Waals surface area (Å²) in [7, 11) is 0. The third-order valence-electron chi connectivity index (χ3n) is 3.78. The van der Waals surface area contributed by atoms with Gasteiger partial charge in [-0.25, -0.2) is 0 Å². The van der Waals surface area contributed by atoms with Crippen LogP contribution < -0.4 is 16.8 Å². The Labute approximate surface area is 169 Å². The van der Waals surface area contributed by atoms with Gasteiger partial charge in [-0.3, -0.25) is 14.8 Å². The maximum absolute atomic E-state index is 11.4. The number of nitrogens with two attached hydrogens (primary N) is 1. The van der Waals surface area contributed by atoms with Crippen molar-refractivity contribution in [3.8, 4) is 0 Å². The van der Waals surface area contributed by atoms with E-state index >= 15 is 0 Å². The monoisotopic (exact) mass is 446 g/mol. The van der Waals surface area contributed by atoms with Gasteiger partial charge in [0.25, 0.3) is 0 Å². The van der Waals surface area contributed by atoms with Gasteiger partial charge in [0.1, 0.15) is 0 Å². The van der Waals surface area contributed by atoms with Crippen molar-refractivity contribution in [1.82, 2.24) is 9.97 Å². The number of aromatic nitrogens is 2. The standard InChI is InChI=1S/C19H19BrN4O2S/c20-15-2-1-4-22-17(15)12-27-7-6-24-19-10-16(21)14(11-26-19)8-13-3-5-23-18(25)9-13/h1-5,9-11H,6-8,12,21H2,(H,23,25). The highest BCUT2D eigenvalue weighted by atomic mass is 79.9. The molecule has 0 saturated heterocycles. The maximum atomic E-state index is 11.4. The number of nitrogens with one attached hydrogen (secondary N) is 1. The fourth-order valence-corrected chi connectivity index (χ4v) is 3.79. The minimum atomic E-state index is -0.134. The smallest absolute Gasteiger partial charge is 0.248 e. The number of pyridine rings is 2. The molecule has 140 valence electrons. The van der Waals surface area contributed by atoms with Gasteiger partial charge in [0, 0.05) is 58.2 Å². The zero-order valence-corrected chi connectivity index (χ0v) is 16.9. The lowest BCUT2D eigenvalue weighted by Gasteiger charge is -2.04. The van der Waals surface area contributed by atoms with Gasteiger partial charge in [0.15, 0.2) is 0 Å². The van der Waals surface area contributed by atoms with Crippen molar-refractivity contribution < 1.29 is 4.42 Å². The molecule has 8 heteroatoms. The van der Waals surface area contributed by atoms with Crippen LogP contribution in [-0.2, 0) is 12.2 Å². The average Bonchev–Trinajstić information content (AvgIpc) is 2.65. The Morgan fingerprint density at radius 2 is 2.22 bits per heavy atom. The van der Waals surface area contributed by atoms with E-state index in [9.17, 15) is 4.79 Å². The molecule has 0 atom stereocenters. The summed E-state index contributed by atoms with van der Waals surface area (Å²) in [6.45, 7) is 0.630. The zero-order chi connectivity index (χ0) is 19.1. The van der Waals surface area contributed by atoms with E-state index in [4.69, 9.17) is 10.2 Å². The molecule has 3 heterocycles. The van der Waals surface area contributed by atoms with E-state index in [2.05, 4.69) is 30.9 Å². The molecule has 3 N–H and O–H groups in total. The summed E-state index contributed by atoms with van der Waals surface area (Å²) >= 11 is 5.26. The van der Waals surface area contributed by atoms with Crippen LogP contribution in [0.15, 0.2) is 67.7 Å². The SMILES string of the molecule is Nc1cc(=NCCSCc2ncccc2Br)occ1Cc1cc[nH]c(=O)c1. The van der Waals surface area contributed by atoms with Crippen LogP contribution in [0.25, 0.3) is 0 Å². The molecule has 3 aromatic rings. The van der Waals surface area contributed by atoms with Crippen LogP contribution >= 0.6 is 27.7 Å². The van der Waals surface area contributed by atoms with Crippen LogP contribution in [0, 0.1) is 0 Å². The van der Waals surface area contributed by atoms with Crippen molar-refractivity contribution in [2.45, 2.75) is 12.2 Å². The van der Waals surface area contributed by atoms with Gasteiger partial charge in [-0.2, -0.15) is 11.8 Å². The topological polar surface area (TPSA) is 97.3 Å². The lowest BCUT2D eigenvalue weighted by molar-refractivity contribution is 0.486. The number of halogens is 1. The summed E-state index contributed by atoms with van der Waals surface area (Å²) in [6, 6.07) is 9.01. The third-order valence-corrected chi connectivity index (χ3v) is 5.45. The molecule has 0 unspecified atom stereocenters. The first-order valence-electron chi connectivity index (χ1n) is 8.34. The van der Waals surface area contributed by atoms with E-state index < -0.39 is 0 Å². The molecule has 0 aliphatic carbocycles. The number of nitrogens with zero attached hydrogens (tertiary/aromatic N) is 2. The minimum absolute atomic E-state index is 0.134. The van der Waals surface area contributed by atoms with E-state index in [0.29, 0.717) is 24.2 Å². The van der Waals surface area contributed by atoms with Crippen LogP contribution in [0.2, 0.25) is 0 Å². The Balaban J connectivity index is 1.55. The van der Waals surface area contributed by atoms with Crippen molar-refractivity contribution in [1.29, 1.82) is 0 Å². The van der Waals surface area contributed by atoms with Crippen molar-refractivity contribution in [3.05, 3.63) is 86.2 Å². The van der Waals surface area contributed by atoms with Gasteiger partial charge in [-0.05, 0) is 39.7 Å². The summed E-state index contributed by atoms with van der Waals surface area (Å²) < 4.78 is 6.59. The van der Waals surface area contributed by atoms with Gasteiger partial charge in [-0.1, -0.05) is 0 Å². The lowest BCUT2D eigenvalue weighted by atomic mass is 10.1. The molecule has 0 fully saturated rings. The largest absolute Gasteiger partial charge is 0.447 e. The van der Waals surface area contributed by atoms with E-state index in [1.54, 1.807) is 42.6 Å². The number of anilines is 1. The first-order valence-corrected chi connectivity index (χ1v) is 10.3. The maximum Gasteiger partial charge on any atom is 0.248 e. The molecule has 0 radical (unpaired) electrons. The molecule has 0 aliphatic rings. The lowest BCUT2D eigenvalue weighted by Crippen LogP contribution is -2.09. The molecule has 0 aromatic carbocycles. The molecule has 0 spiro atoms. The molecule has 3 rings (SSSR count). The predicted molar refractivity (Wildman–Crippen MR) is 112 cm³/mol. The Kier molecular flexibility index (Phi) is 6.89. The highest BCUT2D eigenvalue weighted by molar-refractivity contribution is 9.10. The van der Waals surface area contributed by atoms with Gasteiger partial charge >= 0.3 is 0 Å². The first-order chi connectivity index (χ1) is 13.1.